The van der Waals surface area contributed by atoms with Gasteiger partial charge in [-0.3, -0.25) is 4.90 Å². The molecule has 2 heteroatoms. The van der Waals surface area contributed by atoms with E-state index in [1.165, 1.54) is 12.0 Å². The van der Waals surface area contributed by atoms with Crippen LogP contribution in [-0.2, 0) is 6.54 Å². The first-order chi connectivity index (χ1) is 6.68. The van der Waals surface area contributed by atoms with Crippen molar-refractivity contribution < 1.29 is 0 Å². The van der Waals surface area contributed by atoms with Crippen molar-refractivity contribution in [3.8, 4) is 0 Å². The fraction of sp³-hybridized carbons (Fsp3) is 0.500. The van der Waals surface area contributed by atoms with Gasteiger partial charge in [-0.05, 0) is 25.3 Å². The third-order valence-electron chi connectivity index (χ3n) is 3.05. The number of benzene rings is 1. The number of nitrogens with two attached hydrogens (primary N) is 1. The van der Waals surface area contributed by atoms with E-state index in [9.17, 15) is 0 Å². The minimum atomic E-state index is -0.101. The second kappa shape index (κ2) is 3.71. The van der Waals surface area contributed by atoms with Gasteiger partial charge in [-0.15, -0.1) is 0 Å². The highest BCUT2D eigenvalue weighted by molar-refractivity contribution is 5.15. The Hall–Kier alpha value is -0.860. The summed E-state index contributed by atoms with van der Waals surface area (Å²) in [6.07, 6.45) is 2.33. The zero-order valence-electron chi connectivity index (χ0n) is 8.74. The fourth-order valence-electron chi connectivity index (χ4n) is 2.10. The second-order valence-corrected chi connectivity index (χ2v) is 4.37. The molecule has 0 unspecified atom stereocenters. The Balaban J connectivity index is 2.05. The van der Waals surface area contributed by atoms with Crippen LogP contribution in [0.2, 0.25) is 0 Å². The largest absolute Gasteiger partial charge is 0.313 e. The van der Waals surface area contributed by atoms with Crippen LogP contribution in [0.25, 0.3) is 0 Å². The quantitative estimate of drug-likeness (QED) is 0.772. The Bertz CT molecular complexity index is 292. The van der Waals surface area contributed by atoms with Gasteiger partial charge in [0.2, 0.25) is 0 Å². The number of likely N-dealkylation sites (tertiary alicyclic amines) is 1. The van der Waals surface area contributed by atoms with Crippen molar-refractivity contribution in [2.75, 3.05) is 6.54 Å². The molecule has 0 aromatic heterocycles. The van der Waals surface area contributed by atoms with Gasteiger partial charge in [0.15, 0.2) is 0 Å². The number of hydrogen-bond acceptors (Lipinski definition) is 2. The standard InChI is InChI=1S/C12H18N2/c1-12(13)8-5-9-14(12)10-11-6-3-2-4-7-11/h2-4,6-7H,5,8-10,13H2,1H3/t12-/m0/s1. The van der Waals surface area contributed by atoms with E-state index >= 15 is 0 Å². The monoisotopic (exact) mass is 190 g/mol. The molecule has 1 atom stereocenters. The predicted octanol–water partition coefficient (Wildman–Crippen LogP) is 1.96. The summed E-state index contributed by atoms with van der Waals surface area (Å²) in [7, 11) is 0. The summed E-state index contributed by atoms with van der Waals surface area (Å²) in [6, 6.07) is 10.5. The summed E-state index contributed by atoms with van der Waals surface area (Å²) in [5.41, 5.74) is 7.45. The maximum absolute atomic E-state index is 6.20. The van der Waals surface area contributed by atoms with E-state index in [2.05, 4.69) is 42.2 Å². The Morgan fingerprint density at radius 2 is 2.07 bits per heavy atom. The van der Waals surface area contributed by atoms with E-state index in [0.717, 1.165) is 19.5 Å². The molecule has 1 saturated heterocycles. The molecule has 0 bridgehead atoms. The minimum Gasteiger partial charge on any atom is -0.313 e. The highest BCUT2D eigenvalue weighted by Crippen LogP contribution is 2.25. The molecular weight excluding hydrogens is 172 g/mol. The van der Waals surface area contributed by atoms with Gasteiger partial charge in [0.25, 0.3) is 0 Å². The summed E-state index contributed by atoms with van der Waals surface area (Å²) < 4.78 is 0. The Morgan fingerprint density at radius 1 is 1.36 bits per heavy atom. The number of nitrogens with zero attached hydrogens (tertiary/aromatic N) is 1. The molecule has 14 heavy (non-hydrogen) atoms. The lowest BCUT2D eigenvalue weighted by molar-refractivity contribution is 0.154. The smallest absolute Gasteiger partial charge is 0.0661 e. The van der Waals surface area contributed by atoms with Crippen LogP contribution in [0.1, 0.15) is 25.3 Å². The maximum Gasteiger partial charge on any atom is 0.0661 e. The number of rotatable bonds is 2. The van der Waals surface area contributed by atoms with Gasteiger partial charge < -0.3 is 5.73 Å². The van der Waals surface area contributed by atoms with Crippen molar-refractivity contribution in [1.29, 1.82) is 0 Å². The van der Waals surface area contributed by atoms with Gasteiger partial charge in [-0.25, -0.2) is 0 Å². The third kappa shape index (κ3) is 1.97. The van der Waals surface area contributed by atoms with Crippen LogP contribution in [-0.4, -0.2) is 17.1 Å². The van der Waals surface area contributed by atoms with Crippen molar-refractivity contribution in [2.24, 2.45) is 5.73 Å². The molecule has 0 saturated carbocycles. The number of hydrogen-bond donors (Lipinski definition) is 1. The molecule has 1 aliphatic rings. The lowest BCUT2D eigenvalue weighted by atomic mass is 10.1. The van der Waals surface area contributed by atoms with Crippen LogP contribution in [0, 0.1) is 0 Å². The van der Waals surface area contributed by atoms with E-state index in [0.29, 0.717) is 0 Å². The lowest BCUT2D eigenvalue weighted by Gasteiger charge is -2.31. The van der Waals surface area contributed by atoms with Crippen LogP contribution in [0.15, 0.2) is 30.3 Å². The molecule has 2 nitrogen and oxygen atoms in total. The van der Waals surface area contributed by atoms with Gasteiger partial charge >= 0.3 is 0 Å². The second-order valence-electron chi connectivity index (χ2n) is 4.37. The topological polar surface area (TPSA) is 29.3 Å². The van der Waals surface area contributed by atoms with Crippen molar-refractivity contribution in [3.05, 3.63) is 35.9 Å². The van der Waals surface area contributed by atoms with E-state index in [4.69, 9.17) is 5.73 Å². The van der Waals surface area contributed by atoms with Gasteiger partial charge in [0.05, 0.1) is 5.66 Å². The van der Waals surface area contributed by atoms with E-state index in [1.807, 2.05) is 0 Å². The van der Waals surface area contributed by atoms with Crippen molar-refractivity contribution in [1.82, 2.24) is 4.90 Å². The van der Waals surface area contributed by atoms with Crippen molar-refractivity contribution in [2.45, 2.75) is 32.0 Å². The van der Waals surface area contributed by atoms with Crippen LogP contribution < -0.4 is 5.73 Å². The summed E-state index contributed by atoms with van der Waals surface area (Å²) in [4.78, 5) is 2.36. The lowest BCUT2D eigenvalue weighted by Crippen LogP contribution is -2.48. The van der Waals surface area contributed by atoms with Crippen LogP contribution in [0.5, 0.6) is 0 Å². The molecule has 0 amide bonds. The average Bonchev–Trinajstić information content (AvgIpc) is 2.48. The van der Waals surface area contributed by atoms with Crippen LogP contribution >= 0.6 is 0 Å². The summed E-state index contributed by atoms with van der Waals surface area (Å²) >= 11 is 0. The van der Waals surface area contributed by atoms with Gasteiger partial charge in [0, 0.05) is 13.1 Å². The molecule has 1 aromatic carbocycles. The summed E-state index contributed by atoms with van der Waals surface area (Å²) in [6.45, 7) is 4.23. The molecule has 2 rings (SSSR count). The summed E-state index contributed by atoms with van der Waals surface area (Å²) in [5.74, 6) is 0. The molecule has 2 N–H and O–H groups in total. The Labute approximate surface area is 85.7 Å². The van der Waals surface area contributed by atoms with Crippen LogP contribution in [0.3, 0.4) is 0 Å². The van der Waals surface area contributed by atoms with Crippen molar-refractivity contribution in [3.63, 3.8) is 0 Å². The fourth-order valence-corrected chi connectivity index (χ4v) is 2.10. The average molecular weight is 190 g/mol. The predicted molar refractivity (Wildman–Crippen MR) is 58.7 cm³/mol. The molecule has 1 aromatic rings. The first-order valence-electron chi connectivity index (χ1n) is 5.26. The zero-order chi connectivity index (χ0) is 10.0. The Kier molecular flexibility index (Phi) is 2.57. The summed E-state index contributed by atoms with van der Waals surface area (Å²) in [5, 5.41) is 0. The van der Waals surface area contributed by atoms with Gasteiger partial charge in [-0.1, -0.05) is 30.3 Å². The highest BCUT2D eigenvalue weighted by Gasteiger charge is 2.31. The van der Waals surface area contributed by atoms with E-state index < -0.39 is 0 Å². The maximum atomic E-state index is 6.20. The molecule has 1 heterocycles. The normalized spacial score (nSPS) is 28.1. The van der Waals surface area contributed by atoms with E-state index in [1.54, 1.807) is 0 Å². The van der Waals surface area contributed by atoms with Gasteiger partial charge in [0.1, 0.15) is 0 Å². The molecular formula is C12H18N2. The zero-order valence-corrected chi connectivity index (χ0v) is 8.74. The first kappa shape index (κ1) is 9.69. The third-order valence-corrected chi connectivity index (χ3v) is 3.05. The molecule has 1 fully saturated rings. The molecule has 0 spiro atoms. The first-order valence-corrected chi connectivity index (χ1v) is 5.26. The molecule has 76 valence electrons. The van der Waals surface area contributed by atoms with Crippen LogP contribution in [0.4, 0.5) is 0 Å². The SMILES string of the molecule is C[C@@]1(N)CCCN1Cc1ccccc1. The molecule has 0 aliphatic carbocycles. The highest BCUT2D eigenvalue weighted by atomic mass is 15.3. The molecule has 1 aliphatic heterocycles. The molecule has 0 radical (unpaired) electrons. The van der Waals surface area contributed by atoms with E-state index in [-0.39, 0.29) is 5.66 Å². The van der Waals surface area contributed by atoms with Crippen molar-refractivity contribution >= 4 is 0 Å². The minimum absolute atomic E-state index is 0.101. The van der Waals surface area contributed by atoms with Gasteiger partial charge in [-0.2, -0.15) is 0 Å². The Morgan fingerprint density at radius 3 is 2.64 bits per heavy atom.